The van der Waals surface area contributed by atoms with Crippen LogP contribution in [0.4, 0.5) is 4.79 Å². The van der Waals surface area contributed by atoms with E-state index in [4.69, 9.17) is 15.2 Å². The number of ether oxygens (including phenoxy) is 2. The van der Waals surface area contributed by atoms with Gasteiger partial charge < -0.3 is 20.1 Å². The molecule has 0 saturated carbocycles. The van der Waals surface area contributed by atoms with Crippen LogP contribution < -0.4 is 5.73 Å². The molecular formula is C12H22N2O3. The van der Waals surface area contributed by atoms with Gasteiger partial charge in [0, 0.05) is 19.0 Å². The second-order valence-corrected chi connectivity index (χ2v) is 5.91. The van der Waals surface area contributed by atoms with Gasteiger partial charge in [-0.1, -0.05) is 0 Å². The van der Waals surface area contributed by atoms with Crippen LogP contribution in [-0.4, -0.2) is 48.4 Å². The van der Waals surface area contributed by atoms with Gasteiger partial charge in [0.05, 0.1) is 18.8 Å². The number of carbonyl (C=O) groups excluding carboxylic acids is 1. The molecule has 2 saturated heterocycles. The summed E-state index contributed by atoms with van der Waals surface area (Å²) in [6.45, 7) is 7.57. The first-order valence-corrected chi connectivity index (χ1v) is 6.22. The molecule has 2 aliphatic heterocycles. The Hall–Kier alpha value is -0.810. The normalized spacial score (nSPS) is 32.7. The third-order valence-electron chi connectivity index (χ3n) is 3.23. The minimum atomic E-state index is -0.435. The first kappa shape index (κ1) is 12.6. The molecule has 0 aromatic carbocycles. The lowest BCUT2D eigenvalue weighted by atomic mass is 10.0. The van der Waals surface area contributed by atoms with Gasteiger partial charge in [-0.3, -0.25) is 0 Å². The molecule has 0 radical (unpaired) electrons. The molecule has 2 rings (SSSR count). The molecule has 0 aliphatic carbocycles. The summed E-state index contributed by atoms with van der Waals surface area (Å²) >= 11 is 0. The Balaban J connectivity index is 1.86. The summed E-state index contributed by atoms with van der Waals surface area (Å²) in [5.41, 5.74) is 5.15. The molecule has 0 unspecified atom stereocenters. The van der Waals surface area contributed by atoms with Crippen molar-refractivity contribution in [3.05, 3.63) is 0 Å². The van der Waals surface area contributed by atoms with Crippen LogP contribution in [-0.2, 0) is 9.47 Å². The van der Waals surface area contributed by atoms with Crippen LogP contribution in [0.3, 0.4) is 0 Å². The Bertz CT molecular complexity index is 287. The predicted octanol–water partition coefficient (Wildman–Crippen LogP) is 0.969. The zero-order chi connectivity index (χ0) is 12.6. The highest BCUT2D eigenvalue weighted by atomic mass is 16.6. The molecule has 5 nitrogen and oxygen atoms in total. The predicted molar refractivity (Wildman–Crippen MR) is 63.6 cm³/mol. The largest absolute Gasteiger partial charge is 0.444 e. The number of likely N-dealkylation sites (tertiary alicyclic amines) is 1. The van der Waals surface area contributed by atoms with Crippen LogP contribution in [0.5, 0.6) is 0 Å². The SMILES string of the molecule is CC(C)(C)OC(=O)N1C[C@@H]2C[C@@H](CN)O[C@@H]2C1. The first-order valence-electron chi connectivity index (χ1n) is 6.22. The molecule has 0 aromatic heterocycles. The molecule has 0 bridgehead atoms. The molecule has 3 atom stereocenters. The highest BCUT2D eigenvalue weighted by Crippen LogP contribution is 2.33. The Morgan fingerprint density at radius 3 is 2.71 bits per heavy atom. The summed E-state index contributed by atoms with van der Waals surface area (Å²) in [4.78, 5) is 13.6. The van der Waals surface area contributed by atoms with Gasteiger partial charge in [-0.25, -0.2) is 4.79 Å². The monoisotopic (exact) mass is 242 g/mol. The van der Waals surface area contributed by atoms with Crippen LogP contribution in [0.1, 0.15) is 27.2 Å². The molecule has 5 heteroatoms. The van der Waals surface area contributed by atoms with Gasteiger partial charge in [0.1, 0.15) is 5.60 Å². The number of amides is 1. The molecule has 98 valence electrons. The van der Waals surface area contributed by atoms with Crippen LogP contribution in [0.25, 0.3) is 0 Å². The van der Waals surface area contributed by atoms with Crippen molar-refractivity contribution in [2.24, 2.45) is 11.7 Å². The smallest absolute Gasteiger partial charge is 0.410 e. The zero-order valence-electron chi connectivity index (χ0n) is 10.8. The van der Waals surface area contributed by atoms with Gasteiger partial charge in [-0.15, -0.1) is 0 Å². The van der Waals surface area contributed by atoms with Crippen molar-refractivity contribution in [1.82, 2.24) is 4.90 Å². The number of rotatable bonds is 1. The summed E-state index contributed by atoms with van der Waals surface area (Å²) in [7, 11) is 0. The van der Waals surface area contributed by atoms with Crippen LogP contribution in [0.2, 0.25) is 0 Å². The van der Waals surface area contributed by atoms with Gasteiger partial charge in [0.2, 0.25) is 0 Å². The average molecular weight is 242 g/mol. The van der Waals surface area contributed by atoms with E-state index < -0.39 is 5.60 Å². The standard InChI is InChI=1S/C12H22N2O3/c1-12(2,3)17-11(15)14-6-8-4-9(5-13)16-10(8)7-14/h8-10H,4-7,13H2,1-3H3/t8-,9-,10+/m0/s1. The maximum absolute atomic E-state index is 11.9. The van der Waals surface area contributed by atoms with Crippen molar-refractivity contribution in [3.8, 4) is 0 Å². The molecule has 0 aromatic rings. The zero-order valence-corrected chi connectivity index (χ0v) is 10.8. The third kappa shape index (κ3) is 2.90. The number of fused-ring (bicyclic) bond motifs is 1. The van der Waals surface area contributed by atoms with Crippen molar-refractivity contribution in [3.63, 3.8) is 0 Å². The van der Waals surface area contributed by atoms with E-state index in [2.05, 4.69) is 0 Å². The number of nitrogens with two attached hydrogens (primary N) is 1. The lowest BCUT2D eigenvalue weighted by Gasteiger charge is -2.25. The summed E-state index contributed by atoms with van der Waals surface area (Å²) in [6, 6.07) is 0. The second kappa shape index (κ2) is 4.46. The molecule has 2 N–H and O–H groups in total. The minimum absolute atomic E-state index is 0.149. The fourth-order valence-electron chi connectivity index (χ4n) is 2.49. The Morgan fingerprint density at radius 2 is 2.18 bits per heavy atom. The fraction of sp³-hybridized carbons (Fsp3) is 0.917. The quantitative estimate of drug-likeness (QED) is 0.744. The van der Waals surface area contributed by atoms with Crippen molar-refractivity contribution in [2.45, 2.75) is 45.0 Å². The Kier molecular flexibility index (Phi) is 3.32. The second-order valence-electron chi connectivity index (χ2n) is 5.91. The molecule has 2 aliphatic rings. The van der Waals surface area contributed by atoms with E-state index in [0.717, 1.165) is 13.0 Å². The molecule has 2 fully saturated rings. The highest BCUT2D eigenvalue weighted by molar-refractivity contribution is 5.68. The maximum Gasteiger partial charge on any atom is 0.410 e. The van der Waals surface area contributed by atoms with Crippen molar-refractivity contribution >= 4 is 6.09 Å². The fourth-order valence-corrected chi connectivity index (χ4v) is 2.49. The molecule has 1 amide bonds. The van der Waals surface area contributed by atoms with Gasteiger partial charge >= 0.3 is 6.09 Å². The topological polar surface area (TPSA) is 64.8 Å². The van der Waals surface area contributed by atoms with E-state index in [1.807, 2.05) is 20.8 Å². The highest BCUT2D eigenvalue weighted by Gasteiger charge is 2.43. The number of nitrogens with zero attached hydrogens (tertiary/aromatic N) is 1. The van der Waals surface area contributed by atoms with E-state index in [0.29, 0.717) is 19.0 Å². The molecule has 2 heterocycles. The molecular weight excluding hydrogens is 220 g/mol. The first-order chi connectivity index (χ1) is 7.89. The molecule has 0 spiro atoms. The van der Waals surface area contributed by atoms with Gasteiger partial charge in [0.25, 0.3) is 0 Å². The minimum Gasteiger partial charge on any atom is -0.444 e. The van der Waals surface area contributed by atoms with Gasteiger partial charge in [0.15, 0.2) is 0 Å². The summed E-state index contributed by atoms with van der Waals surface area (Å²) in [5.74, 6) is 0.427. The van der Waals surface area contributed by atoms with E-state index in [1.54, 1.807) is 4.90 Å². The van der Waals surface area contributed by atoms with Crippen molar-refractivity contribution in [1.29, 1.82) is 0 Å². The Labute approximate surface area is 102 Å². The van der Waals surface area contributed by atoms with E-state index in [-0.39, 0.29) is 18.3 Å². The number of hydrogen-bond acceptors (Lipinski definition) is 4. The molecule has 17 heavy (non-hydrogen) atoms. The summed E-state index contributed by atoms with van der Waals surface area (Å²) < 4.78 is 11.1. The number of carbonyl (C=O) groups is 1. The number of hydrogen-bond donors (Lipinski definition) is 1. The lowest BCUT2D eigenvalue weighted by Crippen LogP contribution is -2.37. The van der Waals surface area contributed by atoms with Crippen molar-refractivity contribution in [2.75, 3.05) is 19.6 Å². The van der Waals surface area contributed by atoms with Gasteiger partial charge in [-0.2, -0.15) is 0 Å². The van der Waals surface area contributed by atoms with E-state index in [9.17, 15) is 4.79 Å². The summed E-state index contributed by atoms with van der Waals surface area (Å²) in [5, 5.41) is 0. The maximum atomic E-state index is 11.9. The average Bonchev–Trinajstić information content (AvgIpc) is 2.70. The van der Waals surface area contributed by atoms with E-state index in [1.165, 1.54) is 0 Å². The van der Waals surface area contributed by atoms with Crippen molar-refractivity contribution < 1.29 is 14.3 Å². The van der Waals surface area contributed by atoms with Crippen LogP contribution in [0, 0.1) is 5.92 Å². The van der Waals surface area contributed by atoms with Crippen LogP contribution in [0.15, 0.2) is 0 Å². The summed E-state index contributed by atoms with van der Waals surface area (Å²) in [6.07, 6.45) is 1.04. The van der Waals surface area contributed by atoms with Crippen LogP contribution >= 0.6 is 0 Å². The third-order valence-corrected chi connectivity index (χ3v) is 3.23. The van der Waals surface area contributed by atoms with E-state index >= 15 is 0 Å². The Morgan fingerprint density at radius 1 is 1.47 bits per heavy atom. The lowest BCUT2D eigenvalue weighted by molar-refractivity contribution is 0.0149. The van der Waals surface area contributed by atoms with Gasteiger partial charge in [-0.05, 0) is 27.2 Å².